The van der Waals surface area contributed by atoms with Gasteiger partial charge in [-0.1, -0.05) is 396 Å². The number of halogens is 2. The molecule has 28 rings (SSSR count). The number of benzene rings is 20. The maximum atomic E-state index is 6.55. The molecule has 128 heavy (non-hydrogen) atoms. The third kappa shape index (κ3) is 10.5. The molecule has 0 saturated carbocycles. The Morgan fingerprint density at radius 2 is 0.391 bits per heavy atom. The first kappa shape index (κ1) is 77.7. The SMILES string of the molecule is Brc1cc2c3c(ccc4cccc(c43)C2(c2ccccc2)c2ccccc2)c1.Brc1cc2c3c(ccc4cccc(c43)C23c2ccccc2-c2ccccc23)c1.CC1(C)OB(c2cc3c4c(ccc5cccc(c54)C3(c3ccccc3)c3ccccc3)c2)OC1(C)C.CC1(C)OB(c2cc3c4c(ccc5cccc(c54)C34c3ccccc3-c3ccccc34)c2)OC1(C)C. The summed E-state index contributed by atoms with van der Waals surface area (Å²) in [6.45, 7) is 17.0. The first-order valence-electron chi connectivity index (χ1n) is 44.9. The summed E-state index contributed by atoms with van der Waals surface area (Å²) in [5, 5.41) is 21.3. The number of hydrogen-bond acceptors (Lipinski definition) is 4. The molecule has 0 bridgehead atoms. The zero-order chi connectivity index (χ0) is 86.3. The summed E-state index contributed by atoms with van der Waals surface area (Å²) in [5.41, 5.74) is 26.2. The van der Waals surface area contributed by atoms with Crippen LogP contribution in [0.1, 0.15) is 144 Å². The fourth-order valence-electron chi connectivity index (χ4n) is 24.1. The second-order valence-corrected chi connectivity index (χ2v) is 40.0. The molecule has 20 aromatic rings. The van der Waals surface area contributed by atoms with Crippen molar-refractivity contribution in [1.29, 1.82) is 0 Å². The van der Waals surface area contributed by atoms with E-state index < -0.39 is 30.9 Å². The first-order chi connectivity index (χ1) is 62.2. The van der Waals surface area contributed by atoms with Gasteiger partial charge in [-0.05, 0) is 288 Å². The largest absolute Gasteiger partial charge is 0.494 e. The molecule has 8 heteroatoms. The van der Waals surface area contributed by atoms with Gasteiger partial charge in [0.25, 0.3) is 0 Å². The van der Waals surface area contributed by atoms with E-state index in [9.17, 15) is 0 Å². The van der Waals surface area contributed by atoms with E-state index in [2.05, 4.69) is 475 Å². The molecule has 2 fully saturated rings. The smallest absolute Gasteiger partial charge is 0.399 e. The molecule has 0 unspecified atom stereocenters. The lowest BCUT2D eigenvalue weighted by atomic mass is 9.65. The molecule has 612 valence electrons. The van der Waals surface area contributed by atoms with Gasteiger partial charge in [0.05, 0.1) is 44.1 Å². The highest BCUT2D eigenvalue weighted by Crippen LogP contribution is 2.66. The Morgan fingerprint density at radius 1 is 0.180 bits per heavy atom. The van der Waals surface area contributed by atoms with Crippen molar-refractivity contribution in [3.8, 4) is 22.3 Å². The quantitative estimate of drug-likeness (QED) is 0.123. The Balaban J connectivity index is 0.0000000932. The highest BCUT2D eigenvalue weighted by molar-refractivity contribution is 9.10. The van der Waals surface area contributed by atoms with Crippen LogP contribution in [0.5, 0.6) is 0 Å². The van der Waals surface area contributed by atoms with Gasteiger partial charge in [-0.25, -0.2) is 0 Å². The summed E-state index contributed by atoms with van der Waals surface area (Å²) in [4.78, 5) is 0. The molecule has 2 saturated heterocycles. The zero-order valence-electron chi connectivity index (χ0n) is 72.5. The molecule has 0 amide bonds. The van der Waals surface area contributed by atoms with Gasteiger partial charge >= 0.3 is 14.2 Å². The number of rotatable bonds is 6. The highest BCUT2D eigenvalue weighted by atomic mass is 79.9. The fraction of sp³-hybridized carbons (Fsp3) is 0.133. The second kappa shape index (κ2) is 28.0. The maximum Gasteiger partial charge on any atom is 0.494 e. The predicted molar refractivity (Wildman–Crippen MR) is 538 cm³/mol. The lowest BCUT2D eigenvalue weighted by Gasteiger charge is -2.34. The summed E-state index contributed by atoms with van der Waals surface area (Å²) in [7, 11) is -0.821. The minimum atomic E-state index is -0.427. The summed E-state index contributed by atoms with van der Waals surface area (Å²) < 4.78 is 28.4. The third-order valence-electron chi connectivity index (χ3n) is 30.8. The molecule has 2 heterocycles. The van der Waals surface area contributed by atoms with Crippen LogP contribution in [0.3, 0.4) is 0 Å². The van der Waals surface area contributed by atoms with Gasteiger partial charge in [-0.2, -0.15) is 0 Å². The summed E-state index contributed by atoms with van der Waals surface area (Å²) in [6, 6.07) is 143. The van der Waals surface area contributed by atoms with E-state index in [0.29, 0.717) is 0 Å². The van der Waals surface area contributed by atoms with Gasteiger partial charge in [0, 0.05) is 8.95 Å². The van der Waals surface area contributed by atoms with Crippen LogP contribution in [0.25, 0.3) is 108 Å². The average molecular weight is 1780 g/mol. The van der Waals surface area contributed by atoms with Crippen molar-refractivity contribution in [2.45, 2.75) is 99.5 Å². The molecule has 0 N–H and O–H groups in total. The van der Waals surface area contributed by atoms with Crippen LogP contribution >= 0.6 is 31.9 Å². The maximum absolute atomic E-state index is 6.55. The van der Waals surface area contributed by atoms with E-state index in [4.69, 9.17) is 18.6 Å². The van der Waals surface area contributed by atoms with Gasteiger partial charge in [0.15, 0.2) is 0 Å². The molecule has 8 aliphatic rings. The van der Waals surface area contributed by atoms with Crippen LogP contribution in [0.4, 0.5) is 0 Å². The Kier molecular flexibility index (Phi) is 17.0. The first-order valence-corrected chi connectivity index (χ1v) is 46.5. The van der Waals surface area contributed by atoms with Crippen molar-refractivity contribution >= 4 is 143 Å². The van der Waals surface area contributed by atoms with Gasteiger partial charge in [0.2, 0.25) is 0 Å². The van der Waals surface area contributed by atoms with E-state index in [1.54, 1.807) is 0 Å². The van der Waals surface area contributed by atoms with Crippen molar-refractivity contribution in [1.82, 2.24) is 0 Å². The van der Waals surface area contributed by atoms with Crippen LogP contribution in [0.2, 0.25) is 0 Å². The van der Waals surface area contributed by atoms with Gasteiger partial charge in [0.1, 0.15) is 0 Å². The third-order valence-corrected chi connectivity index (χ3v) is 31.7. The van der Waals surface area contributed by atoms with Crippen molar-refractivity contribution < 1.29 is 18.6 Å². The van der Waals surface area contributed by atoms with Crippen LogP contribution in [-0.2, 0) is 40.3 Å². The van der Waals surface area contributed by atoms with Crippen molar-refractivity contribution in [3.63, 3.8) is 0 Å². The highest BCUT2D eigenvalue weighted by Gasteiger charge is 2.58. The fourth-order valence-corrected chi connectivity index (χ4v) is 25.1. The Bertz CT molecular complexity index is 7640. The number of fused-ring (bicyclic) bond motifs is 14. The van der Waals surface area contributed by atoms with Crippen LogP contribution in [0.15, 0.2) is 397 Å². The molecule has 2 spiro atoms. The summed E-state index contributed by atoms with van der Waals surface area (Å²) in [5.74, 6) is 0. The molecule has 0 radical (unpaired) electrons. The molecule has 0 aromatic heterocycles. The normalized spacial score (nSPS) is 17.2. The van der Waals surface area contributed by atoms with Crippen LogP contribution < -0.4 is 10.9 Å². The van der Waals surface area contributed by atoms with Crippen molar-refractivity contribution in [2.24, 2.45) is 0 Å². The average Bonchev–Trinajstić information content (AvgIpc) is 1.52. The van der Waals surface area contributed by atoms with Crippen LogP contribution in [-0.4, -0.2) is 36.6 Å². The van der Waals surface area contributed by atoms with Gasteiger partial charge in [-0.3, -0.25) is 0 Å². The lowest BCUT2D eigenvalue weighted by Crippen LogP contribution is -2.41. The Hall–Kier alpha value is -12.6. The monoisotopic (exact) mass is 1770 g/mol. The van der Waals surface area contributed by atoms with Crippen molar-refractivity contribution in [3.05, 3.63) is 486 Å². The lowest BCUT2D eigenvalue weighted by molar-refractivity contribution is 0.00578. The van der Waals surface area contributed by atoms with E-state index >= 15 is 0 Å². The molecule has 6 aliphatic carbocycles. The van der Waals surface area contributed by atoms with Gasteiger partial charge in [-0.15, -0.1) is 0 Å². The molecule has 4 nitrogen and oxygen atoms in total. The standard InChI is InChI=1S/C33H27BO2.C33H29BO2.C27H15Br.C27H17Br/c1-31(2)32(3,4)36-34(35-31)22-18-21-17-16-20-10-9-15-27-29(20)30(21)28(19-22)33(27)25-13-7-5-11-23(25)24-12-6-8-14-26(24)33;1-31(2)32(3,4)36-34(35-31)26-20-23-19-18-22-12-11-17-27-29(22)30(23)28(21-26)33(27,24-13-7-5-8-14-24)25-15-9-6-10-16-25;28-18-14-17-13-12-16-6-5-11-23-25(16)26(17)24(15-18)27(23)21-9-3-1-7-19(21)20-8-2-4-10-22(20)27;28-22-16-19-15-14-18-8-7-13-23-25(18)26(19)24(17-22)27(23,20-9-3-1-4-10-20)21-11-5-2-6-12-21/h5-19H,1-4H3;5-21H,1-4H3;1-15H;1-17H. The van der Waals surface area contributed by atoms with Gasteiger partial charge < -0.3 is 18.6 Å². The second-order valence-electron chi connectivity index (χ2n) is 38.1. The molecular weight excluding hydrogens is 1690 g/mol. The molecule has 0 atom stereocenters. The topological polar surface area (TPSA) is 36.9 Å². The number of hydrogen-bond donors (Lipinski definition) is 0. The van der Waals surface area contributed by atoms with E-state index in [1.807, 2.05) is 0 Å². The van der Waals surface area contributed by atoms with E-state index in [1.165, 1.54) is 197 Å². The minimum absolute atomic E-state index is 0.238. The Morgan fingerprint density at radius 3 is 0.680 bits per heavy atom. The van der Waals surface area contributed by atoms with Crippen molar-refractivity contribution in [2.75, 3.05) is 0 Å². The molecule has 20 aromatic carbocycles. The molecular formula is C120H88B2Br2O4. The molecule has 2 aliphatic heterocycles. The Labute approximate surface area is 763 Å². The predicted octanol–water partition coefficient (Wildman–Crippen LogP) is 28.8. The summed E-state index contributed by atoms with van der Waals surface area (Å²) in [6.07, 6.45) is 0. The zero-order valence-corrected chi connectivity index (χ0v) is 75.7. The van der Waals surface area contributed by atoms with E-state index in [-0.39, 0.29) is 27.4 Å². The summed E-state index contributed by atoms with van der Waals surface area (Å²) >= 11 is 7.58. The minimum Gasteiger partial charge on any atom is -0.399 e. The van der Waals surface area contributed by atoms with E-state index in [0.717, 1.165) is 19.9 Å². The van der Waals surface area contributed by atoms with Crippen LogP contribution in [0, 0.1) is 0 Å².